The summed E-state index contributed by atoms with van der Waals surface area (Å²) in [7, 11) is 7.22. The number of piperazine rings is 1. The summed E-state index contributed by atoms with van der Waals surface area (Å²) in [6.45, 7) is 5.39. The Morgan fingerprint density at radius 1 is 1.02 bits per heavy atom. The lowest BCUT2D eigenvalue weighted by atomic mass is 9.94. The average molecular weight is 768 g/mol. The Balaban J connectivity index is 1.08. The number of ether oxygens (including phenoxy) is 1. The predicted molar refractivity (Wildman–Crippen MR) is 199 cm³/mol. The molecule has 2 aliphatic heterocycles. The standard InChI is InChI=1S/C38H45ClF2N8O5/c1-23-30(19-43-48(23)15-17-54-5)27-8-9-29(34(41)33(27)40)32-20-42-35(45(32)2)36(51)44-25-6-7-28(31(39)18-25)38(53)46-12-10-24(11-13-46)37(52)47-14-16-49(3,4)26(21-47)22-50/h6-9,18-20,24,26,50H,10-17,21-22H2,1-5H3/p+1. The zero-order valence-corrected chi connectivity index (χ0v) is 31.9. The quantitative estimate of drug-likeness (QED) is 0.231. The van der Waals surface area contributed by atoms with Gasteiger partial charge in [-0.1, -0.05) is 17.7 Å². The molecule has 4 aromatic rings. The monoisotopic (exact) mass is 767 g/mol. The fraction of sp³-hybridized carbons (Fsp3) is 0.447. The molecule has 2 N–H and O–H groups in total. The van der Waals surface area contributed by atoms with Crippen LogP contribution in [0.5, 0.6) is 0 Å². The van der Waals surface area contributed by atoms with Gasteiger partial charge in [0.25, 0.3) is 11.8 Å². The normalized spacial score (nSPS) is 17.5. The van der Waals surface area contributed by atoms with E-state index in [0.29, 0.717) is 73.6 Å². The highest BCUT2D eigenvalue weighted by atomic mass is 35.5. The third kappa shape index (κ3) is 7.63. The highest BCUT2D eigenvalue weighted by Crippen LogP contribution is 2.33. The summed E-state index contributed by atoms with van der Waals surface area (Å²) >= 11 is 6.55. The van der Waals surface area contributed by atoms with Crippen molar-refractivity contribution in [1.82, 2.24) is 29.1 Å². The van der Waals surface area contributed by atoms with Gasteiger partial charge in [-0.2, -0.15) is 5.10 Å². The molecule has 2 fully saturated rings. The number of nitrogens with one attached hydrogen (secondary N) is 1. The molecule has 2 aromatic carbocycles. The van der Waals surface area contributed by atoms with Crippen LogP contribution in [0.2, 0.25) is 5.02 Å². The van der Waals surface area contributed by atoms with Gasteiger partial charge in [0.15, 0.2) is 17.5 Å². The van der Waals surface area contributed by atoms with Crippen LogP contribution < -0.4 is 5.32 Å². The number of hydrogen-bond acceptors (Lipinski definition) is 7. The molecule has 6 rings (SSSR count). The predicted octanol–water partition coefficient (Wildman–Crippen LogP) is 4.22. The van der Waals surface area contributed by atoms with Gasteiger partial charge in [-0.05, 0) is 44.0 Å². The number of hydrogen-bond donors (Lipinski definition) is 2. The Bertz CT molecular complexity index is 2060. The van der Waals surface area contributed by atoms with Gasteiger partial charge in [-0.3, -0.25) is 19.1 Å². The minimum Gasteiger partial charge on any atom is -0.390 e. The van der Waals surface area contributed by atoms with Crippen LogP contribution in [0.1, 0.15) is 39.5 Å². The molecule has 0 bridgehead atoms. The number of aliphatic hydroxyl groups is 1. The summed E-state index contributed by atoms with van der Waals surface area (Å²) in [6, 6.07) is 7.44. The highest BCUT2D eigenvalue weighted by molar-refractivity contribution is 6.34. The number of likely N-dealkylation sites (N-methyl/N-ethyl adjacent to an activating group) is 1. The van der Waals surface area contributed by atoms with E-state index in [1.165, 1.54) is 48.3 Å². The third-order valence-electron chi connectivity index (χ3n) is 10.9. The van der Waals surface area contributed by atoms with Gasteiger partial charge >= 0.3 is 0 Å². The molecule has 16 heteroatoms. The number of carbonyl (C=O) groups excluding carboxylic acids is 3. The molecule has 0 spiro atoms. The summed E-state index contributed by atoms with van der Waals surface area (Å²) in [5, 5.41) is 17.0. The number of piperidine rings is 1. The minimum absolute atomic E-state index is 0.0151. The van der Waals surface area contributed by atoms with Crippen LogP contribution in [0.3, 0.4) is 0 Å². The Morgan fingerprint density at radius 3 is 2.41 bits per heavy atom. The van der Waals surface area contributed by atoms with E-state index >= 15 is 8.78 Å². The molecule has 3 amide bonds. The van der Waals surface area contributed by atoms with Crippen LogP contribution in [0, 0.1) is 24.5 Å². The zero-order valence-electron chi connectivity index (χ0n) is 31.1. The Hall–Kier alpha value is -4.70. The molecule has 54 heavy (non-hydrogen) atoms. The molecule has 13 nitrogen and oxygen atoms in total. The summed E-state index contributed by atoms with van der Waals surface area (Å²) in [4.78, 5) is 47.8. The van der Waals surface area contributed by atoms with Crippen LogP contribution in [0.25, 0.3) is 22.4 Å². The number of quaternary nitrogens is 1. The second-order valence-corrected chi connectivity index (χ2v) is 14.9. The van der Waals surface area contributed by atoms with Crippen LogP contribution >= 0.6 is 11.6 Å². The van der Waals surface area contributed by atoms with Crippen molar-refractivity contribution in [2.24, 2.45) is 13.0 Å². The largest absolute Gasteiger partial charge is 0.390 e. The first-order valence-corrected chi connectivity index (χ1v) is 18.3. The van der Waals surface area contributed by atoms with E-state index in [4.69, 9.17) is 16.3 Å². The van der Waals surface area contributed by atoms with Crippen molar-refractivity contribution in [2.45, 2.75) is 32.4 Å². The summed E-state index contributed by atoms with van der Waals surface area (Å²) in [5.74, 6) is -3.21. The van der Waals surface area contributed by atoms with Crippen molar-refractivity contribution in [2.75, 3.05) is 72.5 Å². The van der Waals surface area contributed by atoms with Crippen LogP contribution in [-0.4, -0.2) is 130 Å². The fourth-order valence-electron chi connectivity index (χ4n) is 7.26. The summed E-state index contributed by atoms with van der Waals surface area (Å²) in [6.07, 6.45) is 3.84. The number of likely N-dealkylation sites (tertiary alicyclic amines) is 1. The number of anilines is 1. The van der Waals surface area contributed by atoms with E-state index < -0.39 is 17.5 Å². The number of aliphatic hydroxyl groups excluding tert-OH is 1. The molecule has 0 saturated carbocycles. The zero-order chi connectivity index (χ0) is 38.9. The van der Waals surface area contributed by atoms with Crippen molar-refractivity contribution in [3.05, 3.63) is 76.5 Å². The van der Waals surface area contributed by atoms with Gasteiger partial charge in [0, 0.05) is 61.2 Å². The second kappa shape index (κ2) is 16.0. The third-order valence-corrected chi connectivity index (χ3v) is 11.2. The summed E-state index contributed by atoms with van der Waals surface area (Å²) < 4.78 is 39.8. The van der Waals surface area contributed by atoms with E-state index in [0.717, 1.165) is 6.54 Å². The van der Waals surface area contributed by atoms with E-state index in [9.17, 15) is 19.5 Å². The molecular formula is C38H46ClF2N8O5+. The van der Waals surface area contributed by atoms with Crippen molar-refractivity contribution in [3.63, 3.8) is 0 Å². The number of amides is 3. The molecule has 2 aromatic heterocycles. The van der Waals surface area contributed by atoms with Gasteiger partial charge in [0.2, 0.25) is 5.91 Å². The first kappa shape index (κ1) is 39.0. The van der Waals surface area contributed by atoms with Gasteiger partial charge < -0.3 is 34.0 Å². The molecule has 4 heterocycles. The number of halogens is 3. The molecule has 288 valence electrons. The maximum atomic E-state index is 15.5. The Kier molecular flexibility index (Phi) is 11.5. The number of imidazole rings is 1. The van der Waals surface area contributed by atoms with Crippen molar-refractivity contribution in [1.29, 1.82) is 0 Å². The van der Waals surface area contributed by atoms with E-state index in [2.05, 4.69) is 29.5 Å². The molecule has 1 unspecified atom stereocenters. The SMILES string of the molecule is COCCn1ncc(-c2ccc(-c3cnc(C(=O)Nc4ccc(C(=O)N5CCC(C(=O)N6CC[N+](C)(C)C(CO)C6)CC5)c(Cl)c4)n3C)c(F)c2F)c1C. The number of benzene rings is 2. The minimum atomic E-state index is -1.09. The Morgan fingerprint density at radius 2 is 1.72 bits per heavy atom. The highest BCUT2D eigenvalue weighted by Gasteiger charge is 2.39. The number of rotatable bonds is 10. The van der Waals surface area contributed by atoms with Crippen LogP contribution in [0.4, 0.5) is 14.5 Å². The van der Waals surface area contributed by atoms with Crippen LogP contribution in [-0.2, 0) is 23.1 Å². The maximum absolute atomic E-state index is 15.5. The number of nitrogens with zero attached hydrogens (tertiary/aromatic N) is 7. The van der Waals surface area contributed by atoms with Gasteiger partial charge in [-0.15, -0.1) is 0 Å². The maximum Gasteiger partial charge on any atom is 0.291 e. The van der Waals surface area contributed by atoms with Crippen LogP contribution in [0.15, 0.2) is 42.7 Å². The molecule has 0 aliphatic carbocycles. The average Bonchev–Trinajstić information content (AvgIpc) is 3.72. The van der Waals surface area contributed by atoms with Crippen molar-refractivity contribution >= 4 is 35.0 Å². The lowest BCUT2D eigenvalue weighted by Gasteiger charge is -2.46. The van der Waals surface area contributed by atoms with Crippen molar-refractivity contribution in [3.8, 4) is 22.4 Å². The van der Waals surface area contributed by atoms with E-state index in [-0.39, 0.29) is 63.6 Å². The topological polar surface area (TPSA) is 135 Å². The van der Waals surface area contributed by atoms with Gasteiger partial charge in [-0.25, -0.2) is 13.8 Å². The smallest absolute Gasteiger partial charge is 0.291 e. The van der Waals surface area contributed by atoms with Gasteiger partial charge in [0.05, 0.1) is 82.2 Å². The summed E-state index contributed by atoms with van der Waals surface area (Å²) in [5.41, 5.74) is 1.87. The number of carbonyl (C=O) groups is 3. The Labute approximate surface area is 317 Å². The number of aromatic nitrogens is 4. The molecule has 2 aliphatic rings. The lowest BCUT2D eigenvalue weighted by molar-refractivity contribution is -0.919. The van der Waals surface area contributed by atoms with E-state index in [1.54, 1.807) is 29.7 Å². The second-order valence-electron chi connectivity index (χ2n) is 14.5. The molecule has 1 atom stereocenters. The first-order chi connectivity index (χ1) is 25.7. The molecule has 0 radical (unpaired) electrons. The number of methoxy groups -OCH3 is 1. The molecule has 2 saturated heterocycles. The lowest BCUT2D eigenvalue weighted by Crippen LogP contribution is -2.64. The van der Waals surface area contributed by atoms with Gasteiger partial charge in [0.1, 0.15) is 6.04 Å². The fourth-order valence-corrected chi connectivity index (χ4v) is 7.52. The molecular weight excluding hydrogens is 722 g/mol. The van der Waals surface area contributed by atoms with E-state index in [1.807, 2.05) is 4.90 Å². The first-order valence-electron chi connectivity index (χ1n) is 17.9. The van der Waals surface area contributed by atoms with Crippen molar-refractivity contribution < 1.29 is 37.5 Å².